The highest BCUT2D eigenvalue weighted by Crippen LogP contribution is 2.27. The fourth-order valence-corrected chi connectivity index (χ4v) is 2.50. The number of benzene rings is 1. The van der Waals surface area contributed by atoms with Gasteiger partial charge in [0.2, 0.25) is 5.95 Å². The molecule has 122 valence electrons. The van der Waals surface area contributed by atoms with E-state index in [4.69, 9.17) is 5.11 Å². The van der Waals surface area contributed by atoms with Crippen LogP contribution >= 0.6 is 15.9 Å². The SMILES string of the molecule is OCCNc1nc(Nc2ccccc2Br)cc(-c2cccnc2)n1. The maximum Gasteiger partial charge on any atom is 0.225 e. The molecule has 3 rings (SSSR count). The molecule has 7 heteroatoms. The van der Waals surface area contributed by atoms with Crippen molar-refractivity contribution in [2.45, 2.75) is 0 Å². The van der Waals surface area contributed by atoms with Crippen molar-refractivity contribution in [3.63, 3.8) is 0 Å². The zero-order chi connectivity index (χ0) is 16.8. The van der Waals surface area contributed by atoms with E-state index >= 15 is 0 Å². The van der Waals surface area contributed by atoms with Gasteiger partial charge < -0.3 is 15.7 Å². The van der Waals surface area contributed by atoms with E-state index in [1.807, 2.05) is 42.5 Å². The molecular weight excluding hydrogens is 370 g/mol. The first-order valence-corrected chi connectivity index (χ1v) is 8.21. The number of anilines is 3. The van der Waals surface area contributed by atoms with Crippen LogP contribution < -0.4 is 10.6 Å². The number of pyridine rings is 1. The molecule has 0 aliphatic rings. The zero-order valence-electron chi connectivity index (χ0n) is 12.8. The lowest BCUT2D eigenvalue weighted by Gasteiger charge is -2.12. The molecule has 1 aromatic carbocycles. The molecule has 0 saturated heterocycles. The van der Waals surface area contributed by atoms with E-state index in [0.717, 1.165) is 21.4 Å². The Morgan fingerprint density at radius 3 is 2.71 bits per heavy atom. The van der Waals surface area contributed by atoms with E-state index in [1.165, 1.54) is 0 Å². The van der Waals surface area contributed by atoms with Gasteiger partial charge in [-0.1, -0.05) is 12.1 Å². The van der Waals surface area contributed by atoms with E-state index < -0.39 is 0 Å². The summed E-state index contributed by atoms with van der Waals surface area (Å²) in [7, 11) is 0. The second kappa shape index (κ2) is 7.85. The van der Waals surface area contributed by atoms with Crippen LogP contribution in [0, 0.1) is 0 Å². The van der Waals surface area contributed by atoms with Crippen molar-refractivity contribution >= 4 is 33.4 Å². The smallest absolute Gasteiger partial charge is 0.225 e. The van der Waals surface area contributed by atoms with Crippen molar-refractivity contribution in [3.05, 3.63) is 59.3 Å². The summed E-state index contributed by atoms with van der Waals surface area (Å²) in [6, 6.07) is 13.5. The molecule has 3 N–H and O–H groups in total. The molecule has 0 saturated carbocycles. The Hall–Kier alpha value is -2.51. The Morgan fingerprint density at radius 2 is 1.96 bits per heavy atom. The van der Waals surface area contributed by atoms with Crippen LogP contribution in [0.25, 0.3) is 11.3 Å². The number of nitrogens with zero attached hydrogens (tertiary/aromatic N) is 3. The summed E-state index contributed by atoms with van der Waals surface area (Å²) in [6.45, 7) is 0.387. The van der Waals surface area contributed by atoms with Crippen LogP contribution in [0.2, 0.25) is 0 Å². The number of rotatable bonds is 6. The lowest BCUT2D eigenvalue weighted by molar-refractivity contribution is 0.311. The molecule has 2 heterocycles. The minimum atomic E-state index is 0.00742. The third kappa shape index (κ3) is 4.06. The van der Waals surface area contributed by atoms with Crippen molar-refractivity contribution in [1.29, 1.82) is 0 Å². The Balaban J connectivity index is 1.97. The summed E-state index contributed by atoms with van der Waals surface area (Å²) in [6.07, 6.45) is 3.47. The summed E-state index contributed by atoms with van der Waals surface area (Å²) in [5.74, 6) is 1.09. The Bertz CT molecular complexity index is 813. The van der Waals surface area contributed by atoms with E-state index in [9.17, 15) is 0 Å². The average Bonchev–Trinajstić information content (AvgIpc) is 2.62. The molecule has 0 aliphatic carbocycles. The predicted molar refractivity (Wildman–Crippen MR) is 98.3 cm³/mol. The van der Waals surface area contributed by atoms with Crippen molar-refractivity contribution in [2.75, 3.05) is 23.8 Å². The third-order valence-corrected chi connectivity index (χ3v) is 3.91. The van der Waals surface area contributed by atoms with Gasteiger partial charge in [-0.3, -0.25) is 4.98 Å². The standard InChI is InChI=1S/C17H16BrN5O/c18-13-5-1-2-6-14(13)21-16-10-15(12-4-3-7-19-11-12)22-17(23-16)20-8-9-24/h1-7,10-11,24H,8-9H2,(H2,20,21,22,23). The van der Waals surface area contributed by atoms with E-state index in [0.29, 0.717) is 18.3 Å². The van der Waals surface area contributed by atoms with Crippen LogP contribution in [-0.2, 0) is 0 Å². The van der Waals surface area contributed by atoms with Crippen molar-refractivity contribution in [3.8, 4) is 11.3 Å². The van der Waals surface area contributed by atoms with E-state index in [2.05, 4.69) is 41.5 Å². The minimum Gasteiger partial charge on any atom is -0.395 e. The number of halogens is 1. The average molecular weight is 386 g/mol. The van der Waals surface area contributed by atoms with Gasteiger partial charge in [0.1, 0.15) is 5.82 Å². The van der Waals surface area contributed by atoms with E-state index in [-0.39, 0.29) is 6.61 Å². The fraction of sp³-hybridized carbons (Fsp3) is 0.118. The summed E-state index contributed by atoms with van der Waals surface area (Å²) in [5.41, 5.74) is 2.54. The molecule has 0 radical (unpaired) electrons. The quantitative estimate of drug-likeness (QED) is 0.602. The molecule has 2 aromatic heterocycles. The van der Waals surface area contributed by atoms with Crippen LogP contribution in [0.1, 0.15) is 0 Å². The molecule has 6 nitrogen and oxygen atoms in total. The van der Waals surface area contributed by atoms with Crippen LogP contribution in [0.4, 0.5) is 17.5 Å². The number of nitrogens with one attached hydrogen (secondary N) is 2. The van der Waals surface area contributed by atoms with Crippen molar-refractivity contribution in [1.82, 2.24) is 15.0 Å². The Morgan fingerprint density at radius 1 is 1.08 bits per heavy atom. The lowest BCUT2D eigenvalue weighted by Crippen LogP contribution is -2.10. The highest BCUT2D eigenvalue weighted by Gasteiger charge is 2.08. The molecule has 24 heavy (non-hydrogen) atoms. The fourth-order valence-electron chi connectivity index (χ4n) is 2.12. The van der Waals surface area contributed by atoms with Crippen LogP contribution in [-0.4, -0.2) is 33.2 Å². The first kappa shape index (κ1) is 16.4. The monoisotopic (exact) mass is 385 g/mol. The second-order valence-corrected chi connectivity index (χ2v) is 5.81. The topological polar surface area (TPSA) is 83.0 Å². The molecule has 0 atom stereocenters. The number of aromatic nitrogens is 3. The zero-order valence-corrected chi connectivity index (χ0v) is 14.4. The van der Waals surface area contributed by atoms with Crippen LogP contribution in [0.3, 0.4) is 0 Å². The molecule has 0 amide bonds. The molecule has 3 aromatic rings. The predicted octanol–water partition coefficient (Wildman–Crippen LogP) is 3.45. The second-order valence-electron chi connectivity index (χ2n) is 4.96. The van der Waals surface area contributed by atoms with Gasteiger partial charge in [0.25, 0.3) is 0 Å². The summed E-state index contributed by atoms with van der Waals surface area (Å²) in [5, 5.41) is 15.3. The van der Waals surface area contributed by atoms with Gasteiger partial charge in [-0.25, -0.2) is 4.98 Å². The first-order chi connectivity index (χ1) is 11.8. The van der Waals surface area contributed by atoms with Crippen LogP contribution in [0.5, 0.6) is 0 Å². The van der Waals surface area contributed by atoms with E-state index in [1.54, 1.807) is 12.4 Å². The molecule has 0 spiro atoms. The van der Waals surface area contributed by atoms with Gasteiger partial charge >= 0.3 is 0 Å². The van der Waals surface area contributed by atoms with Crippen molar-refractivity contribution < 1.29 is 5.11 Å². The maximum absolute atomic E-state index is 9.00. The maximum atomic E-state index is 9.00. The van der Waals surface area contributed by atoms with Gasteiger partial charge in [0.15, 0.2) is 0 Å². The third-order valence-electron chi connectivity index (χ3n) is 3.21. The van der Waals surface area contributed by atoms with Gasteiger partial charge in [-0.15, -0.1) is 0 Å². The number of aliphatic hydroxyl groups excluding tert-OH is 1. The first-order valence-electron chi connectivity index (χ1n) is 7.42. The van der Waals surface area contributed by atoms with Gasteiger partial charge in [-0.2, -0.15) is 4.98 Å². The van der Waals surface area contributed by atoms with Gasteiger partial charge in [0, 0.05) is 35.0 Å². The van der Waals surface area contributed by atoms with Gasteiger partial charge in [-0.05, 0) is 40.2 Å². The summed E-state index contributed by atoms with van der Waals surface area (Å²) in [4.78, 5) is 13.1. The molecule has 0 fully saturated rings. The molecule has 0 unspecified atom stereocenters. The number of para-hydroxylation sites is 1. The number of hydrogen-bond acceptors (Lipinski definition) is 6. The largest absolute Gasteiger partial charge is 0.395 e. The molecular formula is C17H16BrN5O. The Labute approximate surface area is 148 Å². The Kier molecular flexibility index (Phi) is 5.35. The number of aliphatic hydroxyl groups is 1. The van der Waals surface area contributed by atoms with Gasteiger partial charge in [0.05, 0.1) is 18.0 Å². The minimum absolute atomic E-state index is 0.00742. The van der Waals surface area contributed by atoms with Crippen LogP contribution in [0.15, 0.2) is 59.3 Å². The highest BCUT2D eigenvalue weighted by molar-refractivity contribution is 9.10. The molecule has 0 bridgehead atoms. The normalized spacial score (nSPS) is 10.4. The highest BCUT2D eigenvalue weighted by atomic mass is 79.9. The number of hydrogen-bond donors (Lipinski definition) is 3. The summed E-state index contributed by atoms with van der Waals surface area (Å²) < 4.78 is 0.941. The van der Waals surface area contributed by atoms with Crippen molar-refractivity contribution in [2.24, 2.45) is 0 Å². The molecule has 0 aliphatic heterocycles. The summed E-state index contributed by atoms with van der Waals surface area (Å²) >= 11 is 3.51. The lowest BCUT2D eigenvalue weighted by atomic mass is 10.2.